The highest BCUT2D eigenvalue weighted by atomic mass is 32.1. The van der Waals surface area contributed by atoms with Crippen LogP contribution in [0.3, 0.4) is 0 Å². The van der Waals surface area contributed by atoms with Gasteiger partial charge in [-0.25, -0.2) is 14.6 Å². The monoisotopic (exact) mass is 616 g/mol. The number of aryl methyl sites for hydroxylation is 1. The van der Waals surface area contributed by atoms with E-state index in [2.05, 4.69) is 15.4 Å². The maximum absolute atomic E-state index is 13.7. The van der Waals surface area contributed by atoms with Gasteiger partial charge in [-0.3, -0.25) is 23.7 Å². The third-order valence-corrected chi connectivity index (χ3v) is 9.23. The third-order valence-electron chi connectivity index (χ3n) is 8.34. The van der Waals surface area contributed by atoms with Crippen LogP contribution in [0.25, 0.3) is 10.2 Å². The van der Waals surface area contributed by atoms with E-state index in [0.29, 0.717) is 67.3 Å². The number of thiophene rings is 1. The van der Waals surface area contributed by atoms with E-state index in [1.54, 1.807) is 32.9 Å². The van der Waals surface area contributed by atoms with Crippen LogP contribution in [-0.4, -0.2) is 77.5 Å². The minimum absolute atomic E-state index is 0.0866. The molecule has 12 nitrogen and oxygen atoms in total. The summed E-state index contributed by atoms with van der Waals surface area (Å²) in [6.45, 7) is 3.14. The average Bonchev–Trinajstić information content (AvgIpc) is 3.66. The molecule has 3 aromatic heterocycles. The van der Waals surface area contributed by atoms with Gasteiger partial charge >= 0.3 is 0 Å². The van der Waals surface area contributed by atoms with Gasteiger partial charge in [0.25, 0.3) is 5.56 Å². The molecule has 0 saturated carbocycles. The Morgan fingerprint density at radius 3 is 2.70 bits per heavy atom. The molecule has 6 rings (SSSR count). The zero-order valence-electron chi connectivity index (χ0n) is 24.7. The highest BCUT2D eigenvalue weighted by Crippen LogP contribution is 2.23. The van der Waals surface area contributed by atoms with Crippen LogP contribution in [0.15, 0.2) is 52.9 Å². The van der Waals surface area contributed by atoms with Crippen LogP contribution in [0.2, 0.25) is 0 Å². The molecule has 44 heavy (non-hydrogen) atoms. The van der Waals surface area contributed by atoms with Crippen molar-refractivity contribution in [1.82, 2.24) is 39.4 Å². The van der Waals surface area contributed by atoms with Gasteiger partial charge in [-0.2, -0.15) is 5.10 Å². The Morgan fingerprint density at radius 2 is 1.86 bits per heavy atom. The normalized spacial score (nSPS) is 20.1. The second kappa shape index (κ2) is 13.1. The van der Waals surface area contributed by atoms with Crippen molar-refractivity contribution in [1.29, 1.82) is 0 Å². The minimum atomic E-state index is -0.556. The summed E-state index contributed by atoms with van der Waals surface area (Å²) in [4.78, 5) is 66.2. The van der Waals surface area contributed by atoms with Crippen molar-refractivity contribution in [3.63, 3.8) is 0 Å². The smallest absolute Gasteiger partial charge is 0.271 e. The van der Waals surface area contributed by atoms with Crippen LogP contribution >= 0.6 is 11.3 Å². The quantitative estimate of drug-likeness (QED) is 0.372. The number of nitrogens with zero attached hydrogens (tertiary/aromatic N) is 7. The Bertz CT molecular complexity index is 1710. The summed E-state index contributed by atoms with van der Waals surface area (Å²) in [6.07, 6.45) is 4.88. The molecule has 2 atom stereocenters. The molecule has 230 valence electrons. The van der Waals surface area contributed by atoms with Gasteiger partial charge in [-0.05, 0) is 56.0 Å². The summed E-state index contributed by atoms with van der Waals surface area (Å²) in [5.74, 6) is 0.651. The molecule has 0 bridgehead atoms. The van der Waals surface area contributed by atoms with Crippen molar-refractivity contribution in [3.8, 4) is 0 Å². The molecule has 3 amide bonds. The van der Waals surface area contributed by atoms with Crippen LogP contribution in [-0.2, 0) is 33.9 Å². The predicted octanol–water partition coefficient (Wildman–Crippen LogP) is 2.46. The first-order valence-corrected chi connectivity index (χ1v) is 16.0. The lowest BCUT2D eigenvalue weighted by atomic mass is 9.99. The maximum atomic E-state index is 13.7. The fourth-order valence-electron chi connectivity index (χ4n) is 6.10. The number of carbonyl (C=O) groups is 3. The number of nitrogens with one attached hydrogen (secondary N) is 1. The second-order valence-corrected chi connectivity index (χ2v) is 12.3. The maximum Gasteiger partial charge on any atom is 0.271 e. The predicted molar refractivity (Wildman–Crippen MR) is 165 cm³/mol. The molecule has 5 heterocycles. The van der Waals surface area contributed by atoms with Crippen molar-refractivity contribution in [2.75, 3.05) is 19.6 Å². The van der Waals surface area contributed by atoms with E-state index in [-0.39, 0.29) is 36.2 Å². The Labute approximate surface area is 258 Å². The molecule has 0 unspecified atom stereocenters. The summed E-state index contributed by atoms with van der Waals surface area (Å²) in [5, 5.41) is 9.66. The summed E-state index contributed by atoms with van der Waals surface area (Å²) < 4.78 is 3.62. The Balaban J connectivity index is 1.31. The topological polar surface area (TPSA) is 135 Å². The fourth-order valence-corrected chi connectivity index (χ4v) is 6.89. The molecule has 0 spiro atoms. The Morgan fingerprint density at radius 1 is 1.02 bits per heavy atom. The summed E-state index contributed by atoms with van der Waals surface area (Å²) in [6, 6.07) is 10.6. The van der Waals surface area contributed by atoms with Crippen molar-refractivity contribution in [3.05, 3.63) is 75.7 Å². The van der Waals surface area contributed by atoms with Crippen LogP contribution in [0.4, 0.5) is 0 Å². The number of carbonyl (C=O) groups excluding carboxylic acids is 3. The van der Waals surface area contributed by atoms with E-state index in [1.807, 2.05) is 30.3 Å². The number of hydrogen-bond acceptors (Lipinski definition) is 8. The molecule has 4 aromatic rings. The van der Waals surface area contributed by atoms with Gasteiger partial charge in [0.15, 0.2) is 0 Å². The van der Waals surface area contributed by atoms with Crippen molar-refractivity contribution in [2.45, 2.75) is 70.6 Å². The first-order chi connectivity index (χ1) is 21.4. The summed E-state index contributed by atoms with van der Waals surface area (Å²) in [7, 11) is 0. The highest BCUT2D eigenvalue weighted by molar-refractivity contribution is 7.17. The van der Waals surface area contributed by atoms with E-state index in [1.165, 1.54) is 22.2 Å². The molecule has 0 radical (unpaired) electrons. The molecular weight excluding hydrogens is 580 g/mol. The summed E-state index contributed by atoms with van der Waals surface area (Å²) >= 11 is 1.30. The molecule has 1 saturated heterocycles. The Kier molecular flexibility index (Phi) is 8.82. The highest BCUT2D eigenvalue weighted by Gasteiger charge is 2.34. The number of amides is 3. The molecule has 1 aromatic carbocycles. The first kappa shape index (κ1) is 29.7. The fraction of sp³-hybridized carbons (Fsp3) is 0.452. The molecule has 2 aliphatic heterocycles. The van der Waals surface area contributed by atoms with Crippen LogP contribution in [0.1, 0.15) is 55.4 Å². The first-order valence-electron chi connectivity index (χ1n) is 15.1. The molecule has 13 heteroatoms. The number of fused-ring (bicyclic) bond motifs is 3. The molecule has 1 N–H and O–H groups in total. The van der Waals surface area contributed by atoms with Crippen LogP contribution in [0, 0.1) is 6.92 Å². The van der Waals surface area contributed by atoms with E-state index in [4.69, 9.17) is 4.98 Å². The lowest BCUT2D eigenvalue weighted by Gasteiger charge is -2.36. The third kappa shape index (κ3) is 6.42. The number of rotatable bonds is 4. The second-order valence-electron chi connectivity index (χ2n) is 11.4. The van der Waals surface area contributed by atoms with Gasteiger partial charge in [-0.15, -0.1) is 11.3 Å². The minimum Gasteiger partial charge on any atom is -0.344 e. The van der Waals surface area contributed by atoms with Crippen molar-refractivity contribution >= 4 is 39.3 Å². The number of benzene rings is 1. The average molecular weight is 617 g/mol. The number of hydrogen-bond donors (Lipinski definition) is 1. The van der Waals surface area contributed by atoms with Crippen LogP contribution < -0.4 is 10.9 Å². The molecule has 1 fully saturated rings. The van der Waals surface area contributed by atoms with Gasteiger partial charge in [0.2, 0.25) is 17.7 Å². The van der Waals surface area contributed by atoms with Gasteiger partial charge in [0, 0.05) is 26.1 Å². The van der Waals surface area contributed by atoms with E-state index in [9.17, 15) is 19.2 Å². The molecule has 2 aliphatic rings. The number of aromatic nitrogens is 5. The van der Waals surface area contributed by atoms with Crippen molar-refractivity contribution in [2.24, 2.45) is 0 Å². The van der Waals surface area contributed by atoms with Gasteiger partial charge in [0.05, 0.1) is 24.4 Å². The van der Waals surface area contributed by atoms with Gasteiger partial charge in [0.1, 0.15) is 28.9 Å². The standard InChI is InChI=1S/C31H36N8O4S/c1-21-33-29-24(18-22-8-3-2-4-9-22)34-30(42)25-10-5-6-14-38(25)26(40)11-7-13-36(15-16-39(29)35-21)27(41)19-37-20-32-23-12-17-44-28(23)31(37)43/h2-4,8-9,12,17,20,24-25H,5-7,10-11,13-16,18-19H2,1H3,(H,34,42)/t24-,25+/m1/s1. The summed E-state index contributed by atoms with van der Waals surface area (Å²) in [5.41, 5.74) is 1.39. The lowest BCUT2D eigenvalue weighted by Crippen LogP contribution is -2.53. The zero-order valence-corrected chi connectivity index (χ0v) is 25.5. The largest absolute Gasteiger partial charge is 0.344 e. The SMILES string of the molecule is Cc1nc2n(n1)CCN(C(=O)Cn1cnc3ccsc3c1=O)CCCC(=O)N1CCCC[C@H]1C(=O)N[C@@H]2Cc1ccccc1. The lowest BCUT2D eigenvalue weighted by molar-refractivity contribution is -0.143. The van der Waals surface area contributed by atoms with E-state index >= 15 is 0 Å². The van der Waals surface area contributed by atoms with Crippen LogP contribution in [0.5, 0.6) is 0 Å². The van der Waals surface area contributed by atoms with Gasteiger partial charge in [-0.1, -0.05) is 30.3 Å². The molecular formula is C31H36N8O4S. The number of piperidine rings is 1. The van der Waals surface area contributed by atoms with E-state index < -0.39 is 12.1 Å². The van der Waals surface area contributed by atoms with Crippen molar-refractivity contribution < 1.29 is 14.4 Å². The molecule has 0 aliphatic carbocycles. The van der Waals surface area contributed by atoms with Gasteiger partial charge < -0.3 is 15.1 Å². The Hall–Kier alpha value is -4.39. The van der Waals surface area contributed by atoms with E-state index in [0.717, 1.165) is 18.4 Å². The zero-order chi connectivity index (χ0) is 30.6.